The van der Waals surface area contributed by atoms with Crippen molar-refractivity contribution < 1.29 is 19.2 Å². The molecule has 0 spiro atoms. The Bertz CT molecular complexity index is 2930. The summed E-state index contributed by atoms with van der Waals surface area (Å²) in [4.78, 5) is 59.7. The number of aromatic nitrogens is 4. The molecule has 8 aromatic rings. The molecule has 0 aliphatic rings. The number of nitrogens with zero attached hydrogens (tertiary/aromatic N) is 7. The SMILES string of the molecule is CN(C)CCNC(=O)c1cccc2nc3ccc4ccc([N+](=O)[O-])cc4c3nc12.COc1cccc2c1ccc1nc3cccc(C(=O)NC(C)(C)CN(C)C)c3nc12. The minimum atomic E-state index is -0.434. The van der Waals surface area contributed by atoms with Gasteiger partial charge in [-0.1, -0.05) is 30.3 Å². The summed E-state index contributed by atoms with van der Waals surface area (Å²) in [5, 5.41) is 20.6. The molecule has 2 N–H and O–H groups in total. The predicted molar refractivity (Wildman–Crippen MR) is 233 cm³/mol. The second-order valence-corrected chi connectivity index (χ2v) is 15.5. The third-order valence-corrected chi connectivity index (χ3v) is 9.81. The topological polar surface area (TPSA) is 169 Å². The van der Waals surface area contributed by atoms with Crippen LogP contribution in [0.15, 0.2) is 97.1 Å². The van der Waals surface area contributed by atoms with Crippen LogP contribution < -0.4 is 15.4 Å². The van der Waals surface area contributed by atoms with Crippen molar-refractivity contribution in [1.29, 1.82) is 0 Å². The van der Waals surface area contributed by atoms with Gasteiger partial charge in [0.15, 0.2) is 0 Å². The Labute approximate surface area is 340 Å². The Balaban J connectivity index is 0.000000179. The quantitative estimate of drug-likeness (QED) is 0.0625. The van der Waals surface area contributed by atoms with Gasteiger partial charge in [-0.15, -0.1) is 0 Å². The molecular weight excluding hydrogens is 747 g/mol. The van der Waals surface area contributed by atoms with E-state index < -0.39 is 4.92 Å². The van der Waals surface area contributed by atoms with E-state index in [2.05, 4.69) is 20.5 Å². The number of likely N-dealkylation sites (N-methyl/N-ethyl adjacent to an activating group) is 2. The zero-order valence-corrected chi connectivity index (χ0v) is 34.0. The zero-order chi connectivity index (χ0) is 42.0. The van der Waals surface area contributed by atoms with Gasteiger partial charge in [0, 0.05) is 53.5 Å². The number of methoxy groups -OCH3 is 1. The third-order valence-electron chi connectivity index (χ3n) is 9.81. The molecule has 0 fully saturated rings. The fourth-order valence-corrected chi connectivity index (χ4v) is 7.31. The van der Waals surface area contributed by atoms with E-state index in [1.165, 1.54) is 12.1 Å². The summed E-state index contributed by atoms with van der Waals surface area (Å²) in [6.07, 6.45) is 0. The summed E-state index contributed by atoms with van der Waals surface area (Å²) in [7, 11) is 9.51. The van der Waals surface area contributed by atoms with Crippen LogP contribution in [0.5, 0.6) is 5.75 Å². The zero-order valence-electron chi connectivity index (χ0n) is 34.0. The van der Waals surface area contributed by atoms with Gasteiger partial charge in [0.05, 0.1) is 56.3 Å². The summed E-state index contributed by atoms with van der Waals surface area (Å²) in [5.74, 6) is 0.406. The maximum atomic E-state index is 13.1. The highest BCUT2D eigenvalue weighted by Crippen LogP contribution is 2.32. The number of nitrogens with one attached hydrogen (secondary N) is 2. The molecule has 0 aliphatic heterocycles. The number of amides is 2. The Kier molecular flexibility index (Phi) is 11.3. The van der Waals surface area contributed by atoms with Crippen LogP contribution in [0.2, 0.25) is 0 Å². The van der Waals surface area contributed by atoms with E-state index in [-0.39, 0.29) is 23.0 Å². The molecule has 0 saturated carbocycles. The second kappa shape index (κ2) is 16.5. The molecule has 14 nitrogen and oxygen atoms in total. The lowest BCUT2D eigenvalue weighted by Crippen LogP contribution is -2.50. The highest BCUT2D eigenvalue weighted by molar-refractivity contribution is 6.12. The highest BCUT2D eigenvalue weighted by atomic mass is 16.6. The van der Waals surface area contributed by atoms with Gasteiger partial charge < -0.3 is 25.2 Å². The fourth-order valence-electron chi connectivity index (χ4n) is 7.31. The summed E-state index contributed by atoms with van der Waals surface area (Å²) in [6, 6.07) is 29.0. The lowest BCUT2D eigenvalue weighted by Gasteiger charge is -2.29. The summed E-state index contributed by atoms with van der Waals surface area (Å²) < 4.78 is 5.50. The molecule has 2 aromatic heterocycles. The van der Waals surface area contributed by atoms with E-state index in [1.54, 1.807) is 37.4 Å². The first-order valence-electron chi connectivity index (χ1n) is 19.1. The highest BCUT2D eigenvalue weighted by Gasteiger charge is 2.24. The van der Waals surface area contributed by atoms with Gasteiger partial charge in [0.2, 0.25) is 0 Å². The van der Waals surface area contributed by atoms with Crippen molar-refractivity contribution in [3.63, 3.8) is 0 Å². The minimum Gasteiger partial charge on any atom is -0.496 e. The Morgan fingerprint density at radius 1 is 0.678 bits per heavy atom. The van der Waals surface area contributed by atoms with Crippen LogP contribution in [0.4, 0.5) is 5.69 Å². The largest absolute Gasteiger partial charge is 0.496 e. The van der Waals surface area contributed by atoms with E-state index in [1.807, 2.05) is 102 Å². The second-order valence-electron chi connectivity index (χ2n) is 15.5. The summed E-state index contributed by atoms with van der Waals surface area (Å²) in [5.41, 5.74) is 5.62. The van der Waals surface area contributed by atoms with Gasteiger partial charge in [0.25, 0.3) is 17.5 Å². The van der Waals surface area contributed by atoms with Gasteiger partial charge in [-0.2, -0.15) is 0 Å². The van der Waals surface area contributed by atoms with E-state index in [0.29, 0.717) is 56.2 Å². The Morgan fingerprint density at radius 3 is 1.86 bits per heavy atom. The number of non-ortho nitro benzene ring substituents is 1. The molecule has 6 aromatic carbocycles. The molecule has 59 heavy (non-hydrogen) atoms. The maximum Gasteiger partial charge on any atom is 0.270 e. The Morgan fingerprint density at radius 2 is 1.25 bits per heavy atom. The molecule has 300 valence electrons. The fraction of sp³-hybridized carbons (Fsp3) is 0.244. The number of nitro groups is 1. The van der Waals surface area contributed by atoms with Crippen LogP contribution in [0.1, 0.15) is 34.6 Å². The molecule has 0 bridgehead atoms. The Hall–Kier alpha value is -6.90. The third kappa shape index (κ3) is 8.54. The first-order chi connectivity index (χ1) is 28.2. The molecule has 0 saturated heterocycles. The van der Waals surface area contributed by atoms with Crippen LogP contribution in [0.3, 0.4) is 0 Å². The van der Waals surface area contributed by atoms with Crippen molar-refractivity contribution in [3.05, 3.63) is 118 Å². The number of fused-ring (bicyclic) bond motifs is 8. The molecule has 2 amide bonds. The van der Waals surface area contributed by atoms with Crippen LogP contribution >= 0.6 is 0 Å². The average Bonchev–Trinajstić information content (AvgIpc) is 3.20. The van der Waals surface area contributed by atoms with Gasteiger partial charge in [-0.3, -0.25) is 19.7 Å². The first kappa shape index (κ1) is 40.3. The molecule has 8 rings (SSSR count). The number of rotatable bonds is 10. The van der Waals surface area contributed by atoms with Crippen LogP contribution in [-0.2, 0) is 0 Å². The van der Waals surface area contributed by atoms with Crippen molar-refractivity contribution in [1.82, 2.24) is 40.4 Å². The maximum absolute atomic E-state index is 13.1. The molecule has 0 unspecified atom stereocenters. The van der Waals surface area contributed by atoms with Crippen molar-refractivity contribution in [2.45, 2.75) is 19.4 Å². The van der Waals surface area contributed by atoms with E-state index in [0.717, 1.165) is 46.0 Å². The molecule has 2 heterocycles. The molecular formula is C45H45N9O5. The number of benzene rings is 6. The summed E-state index contributed by atoms with van der Waals surface area (Å²) in [6.45, 7) is 5.98. The van der Waals surface area contributed by atoms with E-state index in [4.69, 9.17) is 19.7 Å². The smallest absolute Gasteiger partial charge is 0.270 e. The number of carbonyl (C=O) groups excluding carboxylic acids is 2. The lowest BCUT2D eigenvalue weighted by atomic mass is 10.0. The van der Waals surface area contributed by atoms with Crippen LogP contribution in [-0.4, -0.2) is 107 Å². The number of ether oxygens (including phenoxy) is 1. The standard InChI is InChI=1S/C24H26N4O2.C21H19N5O3/c1-24(2,14-28(3)4)27-23(29)17-9-6-10-18-22(17)26-21-16-8-7-11-20(30-5)15(16)12-13-19(21)25-18;1-25(2)11-10-22-21(27)15-4-3-5-17-19(15)24-20-16-12-14(26(28)29)8-6-13(16)7-9-18(20)23-17/h6-13H,14H2,1-5H3,(H,27,29);3-9,12H,10-11H2,1-2H3,(H,22,27). The number of hydrogen-bond acceptors (Lipinski definition) is 11. The predicted octanol–water partition coefficient (Wildman–Crippen LogP) is 7.15. The van der Waals surface area contributed by atoms with Gasteiger partial charge in [-0.05, 0) is 102 Å². The number of carbonyl (C=O) groups is 2. The van der Waals surface area contributed by atoms with Crippen LogP contribution in [0, 0.1) is 10.1 Å². The molecule has 0 atom stereocenters. The van der Waals surface area contributed by atoms with Crippen molar-refractivity contribution in [2.75, 3.05) is 54.9 Å². The monoisotopic (exact) mass is 791 g/mol. The first-order valence-corrected chi connectivity index (χ1v) is 19.1. The van der Waals surface area contributed by atoms with Gasteiger partial charge in [0.1, 0.15) is 16.8 Å². The van der Waals surface area contributed by atoms with Crippen LogP contribution in [0.25, 0.3) is 65.7 Å². The summed E-state index contributed by atoms with van der Waals surface area (Å²) >= 11 is 0. The van der Waals surface area contributed by atoms with Crippen molar-refractivity contribution in [2.24, 2.45) is 0 Å². The van der Waals surface area contributed by atoms with Crippen molar-refractivity contribution >= 4 is 83.2 Å². The molecule has 14 heteroatoms. The number of hydrogen-bond donors (Lipinski definition) is 2. The number of nitro benzene ring substituents is 1. The van der Waals surface area contributed by atoms with Gasteiger partial charge in [-0.25, -0.2) is 19.9 Å². The van der Waals surface area contributed by atoms with E-state index >= 15 is 0 Å². The van der Waals surface area contributed by atoms with E-state index in [9.17, 15) is 19.7 Å². The molecule has 0 aliphatic carbocycles. The number of para-hydroxylation sites is 2. The lowest BCUT2D eigenvalue weighted by molar-refractivity contribution is -0.384. The normalized spacial score (nSPS) is 11.7. The van der Waals surface area contributed by atoms with Crippen molar-refractivity contribution in [3.8, 4) is 5.75 Å². The molecule has 0 radical (unpaired) electrons. The van der Waals surface area contributed by atoms with Gasteiger partial charge >= 0.3 is 0 Å². The average molecular weight is 792 g/mol. The minimum absolute atomic E-state index is 0.0124.